The van der Waals surface area contributed by atoms with Crippen LogP contribution in [0.5, 0.6) is 0 Å². The molecule has 0 unspecified atom stereocenters. The molecule has 5 nitrogen and oxygen atoms in total. The average molecular weight is 351 g/mol. The van der Waals surface area contributed by atoms with Gasteiger partial charge in [0.2, 0.25) is 0 Å². The molecule has 5 rings (SSSR count). The van der Waals surface area contributed by atoms with Crippen LogP contribution in [-0.4, -0.2) is 28.3 Å². The number of fused-ring (bicyclic) bond motifs is 2. The van der Waals surface area contributed by atoms with E-state index < -0.39 is 0 Å². The number of hydrogen-bond donors (Lipinski definition) is 0. The van der Waals surface area contributed by atoms with E-state index in [4.69, 9.17) is 9.05 Å². The third kappa shape index (κ3) is 2.66. The molecule has 1 aliphatic rings. The van der Waals surface area contributed by atoms with Gasteiger partial charge < -0.3 is 9.05 Å². The number of hydrogen-bond acceptors (Lipinski definition) is 5. The molecule has 0 amide bonds. The lowest BCUT2D eigenvalue weighted by Gasteiger charge is -2.30. The first-order valence-corrected chi connectivity index (χ1v) is 8.88. The second-order valence-electron chi connectivity index (χ2n) is 6.88. The van der Waals surface area contributed by atoms with E-state index in [9.17, 15) is 4.39 Å². The Morgan fingerprint density at radius 3 is 2.65 bits per heavy atom. The van der Waals surface area contributed by atoms with Crippen molar-refractivity contribution in [2.24, 2.45) is 0 Å². The summed E-state index contributed by atoms with van der Waals surface area (Å²) < 4.78 is 24.0. The maximum atomic E-state index is 13.3. The molecule has 2 aromatic carbocycles. The van der Waals surface area contributed by atoms with Gasteiger partial charge >= 0.3 is 0 Å². The van der Waals surface area contributed by atoms with E-state index in [1.807, 2.05) is 18.2 Å². The van der Waals surface area contributed by atoms with E-state index in [2.05, 4.69) is 21.3 Å². The maximum Gasteiger partial charge on any atom is 0.170 e. The number of nitrogens with zero attached hydrogens (tertiary/aromatic N) is 3. The molecule has 4 aromatic rings. The van der Waals surface area contributed by atoms with Crippen LogP contribution in [0.2, 0.25) is 0 Å². The second kappa shape index (κ2) is 6.21. The Morgan fingerprint density at radius 1 is 0.962 bits per heavy atom. The Kier molecular flexibility index (Phi) is 3.71. The SMILES string of the molecule is Fc1ccc2c(C3CCN(Cc4noc5ccccc45)CC3)noc2c1. The van der Waals surface area contributed by atoms with Gasteiger partial charge in [0.15, 0.2) is 11.2 Å². The number of likely N-dealkylation sites (tertiary alicyclic amines) is 1. The molecule has 26 heavy (non-hydrogen) atoms. The fourth-order valence-electron chi connectivity index (χ4n) is 3.85. The van der Waals surface area contributed by atoms with Gasteiger partial charge in [0, 0.05) is 29.3 Å². The molecule has 3 heterocycles. The summed E-state index contributed by atoms with van der Waals surface area (Å²) in [7, 11) is 0. The third-order valence-corrected chi connectivity index (χ3v) is 5.26. The highest BCUT2D eigenvalue weighted by Crippen LogP contribution is 2.33. The van der Waals surface area contributed by atoms with Crippen LogP contribution >= 0.6 is 0 Å². The summed E-state index contributed by atoms with van der Waals surface area (Å²) >= 11 is 0. The van der Waals surface area contributed by atoms with E-state index in [0.717, 1.165) is 60.2 Å². The van der Waals surface area contributed by atoms with Crippen molar-refractivity contribution < 1.29 is 13.4 Å². The zero-order valence-electron chi connectivity index (χ0n) is 14.2. The van der Waals surface area contributed by atoms with Crippen LogP contribution in [0.15, 0.2) is 51.5 Å². The number of piperidine rings is 1. The standard InChI is InChI=1S/C20H18FN3O2/c21-14-5-6-16-19(11-14)26-23-20(16)13-7-9-24(10-8-13)12-17-15-3-1-2-4-18(15)25-22-17/h1-6,11,13H,7-10,12H2. The summed E-state index contributed by atoms with van der Waals surface area (Å²) in [5.74, 6) is 0.0434. The monoisotopic (exact) mass is 351 g/mol. The van der Waals surface area contributed by atoms with Crippen molar-refractivity contribution in [3.63, 3.8) is 0 Å². The number of rotatable bonds is 3. The van der Waals surface area contributed by atoms with Crippen molar-refractivity contribution in [1.29, 1.82) is 0 Å². The first-order valence-electron chi connectivity index (χ1n) is 8.88. The minimum atomic E-state index is -0.296. The number of aromatic nitrogens is 2. The Hall–Kier alpha value is -2.73. The summed E-state index contributed by atoms with van der Waals surface area (Å²) in [6.07, 6.45) is 1.99. The fourth-order valence-corrected chi connectivity index (χ4v) is 3.85. The van der Waals surface area contributed by atoms with Gasteiger partial charge in [-0.25, -0.2) is 4.39 Å². The van der Waals surface area contributed by atoms with Gasteiger partial charge in [-0.3, -0.25) is 4.90 Å². The Bertz CT molecular complexity index is 1060. The van der Waals surface area contributed by atoms with Gasteiger partial charge in [0.05, 0.1) is 5.69 Å². The lowest BCUT2D eigenvalue weighted by Crippen LogP contribution is -2.32. The molecule has 1 fully saturated rings. The van der Waals surface area contributed by atoms with Crippen molar-refractivity contribution in [3.05, 3.63) is 59.7 Å². The van der Waals surface area contributed by atoms with Gasteiger partial charge in [-0.15, -0.1) is 0 Å². The largest absolute Gasteiger partial charge is 0.356 e. The van der Waals surface area contributed by atoms with Crippen molar-refractivity contribution in [2.75, 3.05) is 13.1 Å². The molecule has 1 saturated heterocycles. The van der Waals surface area contributed by atoms with Gasteiger partial charge in [0.1, 0.15) is 11.5 Å². The van der Waals surface area contributed by atoms with E-state index in [1.54, 1.807) is 6.07 Å². The normalized spacial score (nSPS) is 16.7. The molecule has 0 saturated carbocycles. The Labute approximate surface area is 149 Å². The number of para-hydroxylation sites is 1. The first-order chi connectivity index (χ1) is 12.8. The van der Waals surface area contributed by atoms with Crippen LogP contribution < -0.4 is 0 Å². The first kappa shape index (κ1) is 15.5. The highest BCUT2D eigenvalue weighted by atomic mass is 19.1. The molecule has 0 radical (unpaired) electrons. The highest BCUT2D eigenvalue weighted by molar-refractivity contribution is 5.80. The topological polar surface area (TPSA) is 55.3 Å². The molecule has 0 atom stereocenters. The van der Waals surface area contributed by atoms with Gasteiger partial charge in [-0.1, -0.05) is 22.4 Å². The van der Waals surface area contributed by atoms with E-state index in [-0.39, 0.29) is 5.82 Å². The van der Waals surface area contributed by atoms with Crippen LogP contribution in [0.4, 0.5) is 4.39 Å². The molecular formula is C20H18FN3O2. The van der Waals surface area contributed by atoms with Crippen molar-refractivity contribution in [3.8, 4) is 0 Å². The van der Waals surface area contributed by atoms with Crippen LogP contribution in [0.25, 0.3) is 21.9 Å². The van der Waals surface area contributed by atoms with Crippen molar-refractivity contribution >= 4 is 21.9 Å². The third-order valence-electron chi connectivity index (χ3n) is 5.26. The smallest absolute Gasteiger partial charge is 0.170 e. The Morgan fingerprint density at radius 2 is 1.77 bits per heavy atom. The predicted molar refractivity (Wildman–Crippen MR) is 95.2 cm³/mol. The van der Waals surface area contributed by atoms with Gasteiger partial charge in [-0.05, 0) is 50.2 Å². The predicted octanol–water partition coefficient (Wildman–Crippen LogP) is 4.49. The molecule has 0 N–H and O–H groups in total. The van der Waals surface area contributed by atoms with Gasteiger partial charge in [-0.2, -0.15) is 0 Å². The van der Waals surface area contributed by atoms with Gasteiger partial charge in [0.25, 0.3) is 0 Å². The van der Waals surface area contributed by atoms with Crippen LogP contribution in [0.3, 0.4) is 0 Å². The molecule has 6 heteroatoms. The summed E-state index contributed by atoms with van der Waals surface area (Å²) in [6, 6.07) is 12.6. The molecule has 0 aliphatic carbocycles. The zero-order chi connectivity index (χ0) is 17.5. The lowest BCUT2D eigenvalue weighted by molar-refractivity contribution is 0.197. The Balaban J connectivity index is 1.30. The van der Waals surface area contributed by atoms with Crippen molar-refractivity contribution in [2.45, 2.75) is 25.3 Å². The fraction of sp³-hybridized carbons (Fsp3) is 0.300. The second-order valence-corrected chi connectivity index (χ2v) is 6.88. The van der Waals surface area contributed by atoms with Crippen LogP contribution in [-0.2, 0) is 6.54 Å². The number of halogens is 1. The molecular weight excluding hydrogens is 333 g/mol. The molecule has 1 aliphatic heterocycles. The van der Waals surface area contributed by atoms with E-state index in [1.165, 1.54) is 12.1 Å². The van der Waals surface area contributed by atoms with Crippen LogP contribution in [0, 0.1) is 5.82 Å². The molecule has 0 spiro atoms. The summed E-state index contributed by atoms with van der Waals surface area (Å²) in [6.45, 7) is 2.71. The maximum absolute atomic E-state index is 13.3. The van der Waals surface area contributed by atoms with E-state index in [0.29, 0.717) is 11.5 Å². The van der Waals surface area contributed by atoms with E-state index >= 15 is 0 Å². The summed E-state index contributed by atoms with van der Waals surface area (Å²) in [5.41, 5.74) is 3.29. The minimum absolute atomic E-state index is 0.296. The number of benzene rings is 2. The lowest BCUT2D eigenvalue weighted by atomic mass is 9.91. The quantitative estimate of drug-likeness (QED) is 0.544. The highest BCUT2D eigenvalue weighted by Gasteiger charge is 2.26. The molecule has 0 bridgehead atoms. The average Bonchev–Trinajstić information content (AvgIpc) is 3.27. The minimum Gasteiger partial charge on any atom is -0.356 e. The summed E-state index contributed by atoms with van der Waals surface area (Å²) in [5, 5.41) is 10.4. The molecule has 2 aromatic heterocycles. The van der Waals surface area contributed by atoms with Crippen molar-refractivity contribution in [1.82, 2.24) is 15.2 Å². The molecule has 132 valence electrons. The zero-order valence-corrected chi connectivity index (χ0v) is 14.2. The van der Waals surface area contributed by atoms with Crippen LogP contribution in [0.1, 0.15) is 30.1 Å². The summed E-state index contributed by atoms with van der Waals surface area (Å²) in [4.78, 5) is 2.39.